The molecule has 0 saturated heterocycles. The van der Waals surface area contributed by atoms with E-state index in [1.54, 1.807) is 16.2 Å². The average Bonchev–Trinajstić information content (AvgIpc) is 3.38. The summed E-state index contributed by atoms with van der Waals surface area (Å²) >= 11 is 3.30. The molecule has 37 heavy (non-hydrogen) atoms. The van der Waals surface area contributed by atoms with Crippen LogP contribution in [0.4, 0.5) is 0 Å². The fourth-order valence-corrected chi connectivity index (χ4v) is 6.48. The Balaban J connectivity index is 1.53. The Morgan fingerprint density at radius 2 is 1.78 bits per heavy atom. The molecule has 0 fully saturated rings. The predicted molar refractivity (Wildman–Crippen MR) is 155 cm³/mol. The molecule has 2 aromatic carbocycles. The molecular formula is C31H38N2O2S2. The van der Waals surface area contributed by atoms with Crippen LogP contribution in [0.15, 0.2) is 70.9 Å². The number of nitrogens with zero attached hydrogens (tertiary/aromatic N) is 2. The summed E-state index contributed by atoms with van der Waals surface area (Å²) in [6.45, 7) is 10.2. The SMILES string of the molecule is CCCCN(CC(=O)N1CCc2sccc2C1c1ccc(C(C)(C)C)cc1)C(=O)CSc1ccccc1. The third-order valence-corrected chi connectivity index (χ3v) is 8.94. The van der Waals surface area contributed by atoms with Crippen molar-refractivity contribution >= 4 is 34.9 Å². The Morgan fingerprint density at radius 1 is 1.05 bits per heavy atom. The van der Waals surface area contributed by atoms with Crippen LogP contribution in [-0.2, 0) is 21.4 Å². The molecule has 196 valence electrons. The van der Waals surface area contributed by atoms with E-state index in [1.165, 1.54) is 27.8 Å². The van der Waals surface area contributed by atoms with E-state index in [9.17, 15) is 9.59 Å². The van der Waals surface area contributed by atoms with Gasteiger partial charge in [0.25, 0.3) is 0 Å². The standard InChI is InChI=1S/C31H38N2O2S2/c1-5-6-18-32(29(35)22-37-25-10-8-7-9-11-25)21-28(34)33-19-16-27-26(17-20-36-27)30(33)23-12-14-24(15-13-23)31(2,3)4/h7-15,17,20,30H,5-6,16,18-19,21-22H2,1-4H3. The number of thioether (sulfide) groups is 1. The molecule has 0 bridgehead atoms. The minimum absolute atomic E-state index is 0.0231. The molecule has 1 unspecified atom stereocenters. The summed E-state index contributed by atoms with van der Waals surface area (Å²) in [4.78, 5) is 33.2. The van der Waals surface area contributed by atoms with Crippen LogP contribution < -0.4 is 0 Å². The van der Waals surface area contributed by atoms with Gasteiger partial charge in [0.05, 0.1) is 18.3 Å². The third-order valence-electron chi connectivity index (χ3n) is 6.94. The number of thiophene rings is 1. The minimum atomic E-state index is -0.113. The van der Waals surface area contributed by atoms with Crippen LogP contribution in [-0.4, -0.2) is 47.0 Å². The summed E-state index contributed by atoms with van der Waals surface area (Å²) in [7, 11) is 0. The van der Waals surface area contributed by atoms with Gasteiger partial charge < -0.3 is 9.80 Å². The molecule has 1 aliphatic heterocycles. The van der Waals surface area contributed by atoms with Crippen LogP contribution in [0, 0.1) is 0 Å². The number of rotatable bonds is 9. The minimum Gasteiger partial charge on any atom is -0.333 e. The van der Waals surface area contributed by atoms with E-state index >= 15 is 0 Å². The second-order valence-corrected chi connectivity index (χ2v) is 12.7. The molecule has 6 heteroatoms. The molecule has 1 aromatic heterocycles. The van der Waals surface area contributed by atoms with Gasteiger partial charge in [0.15, 0.2) is 0 Å². The zero-order chi connectivity index (χ0) is 26.4. The lowest BCUT2D eigenvalue weighted by molar-refractivity contribution is -0.140. The monoisotopic (exact) mass is 534 g/mol. The van der Waals surface area contributed by atoms with E-state index < -0.39 is 0 Å². The summed E-state index contributed by atoms with van der Waals surface area (Å²) in [5.41, 5.74) is 3.71. The van der Waals surface area contributed by atoms with Gasteiger partial charge in [-0.25, -0.2) is 0 Å². The fourth-order valence-electron chi connectivity index (χ4n) is 4.76. The van der Waals surface area contributed by atoms with Crippen LogP contribution in [0.3, 0.4) is 0 Å². The van der Waals surface area contributed by atoms with Crippen LogP contribution >= 0.6 is 23.1 Å². The highest BCUT2D eigenvalue weighted by Gasteiger charge is 2.34. The van der Waals surface area contributed by atoms with E-state index in [0.717, 1.165) is 29.7 Å². The number of unbranched alkanes of at least 4 members (excludes halogenated alkanes) is 1. The normalized spacial score (nSPS) is 15.4. The maximum absolute atomic E-state index is 13.8. The van der Waals surface area contributed by atoms with E-state index in [-0.39, 0.29) is 29.8 Å². The molecule has 2 amide bonds. The molecule has 0 N–H and O–H groups in total. The Morgan fingerprint density at radius 3 is 2.46 bits per heavy atom. The first-order valence-electron chi connectivity index (χ1n) is 13.2. The second kappa shape index (κ2) is 12.3. The van der Waals surface area contributed by atoms with Crippen LogP contribution in [0.5, 0.6) is 0 Å². The molecule has 4 nitrogen and oxygen atoms in total. The van der Waals surface area contributed by atoms with Crippen molar-refractivity contribution in [3.05, 3.63) is 87.6 Å². The van der Waals surface area contributed by atoms with Crippen molar-refractivity contribution in [2.24, 2.45) is 0 Å². The number of hydrogen-bond donors (Lipinski definition) is 0. The van der Waals surface area contributed by atoms with Crippen LogP contribution in [0.2, 0.25) is 0 Å². The topological polar surface area (TPSA) is 40.6 Å². The largest absolute Gasteiger partial charge is 0.333 e. The van der Waals surface area contributed by atoms with Gasteiger partial charge in [-0.15, -0.1) is 23.1 Å². The fraction of sp³-hybridized carbons (Fsp3) is 0.419. The highest BCUT2D eigenvalue weighted by atomic mass is 32.2. The van der Waals surface area contributed by atoms with Crippen molar-refractivity contribution in [3.63, 3.8) is 0 Å². The van der Waals surface area contributed by atoms with Gasteiger partial charge in [-0.2, -0.15) is 0 Å². The van der Waals surface area contributed by atoms with E-state index in [2.05, 4.69) is 63.4 Å². The lowest BCUT2D eigenvalue weighted by Gasteiger charge is -2.38. The number of fused-ring (bicyclic) bond motifs is 1. The average molecular weight is 535 g/mol. The molecule has 1 atom stereocenters. The highest BCUT2D eigenvalue weighted by Crippen LogP contribution is 2.38. The van der Waals surface area contributed by atoms with Gasteiger partial charge in [-0.3, -0.25) is 9.59 Å². The van der Waals surface area contributed by atoms with Crippen molar-refractivity contribution in [2.45, 2.75) is 63.3 Å². The van der Waals surface area contributed by atoms with Gasteiger partial charge in [0.1, 0.15) is 0 Å². The summed E-state index contributed by atoms with van der Waals surface area (Å²) in [5.74, 6) is 0.388. The van der Waals surface area contributed by atoms with E-state index in [1.807, 2.05) is 35.2 Å². The lowest BCUT2D eigenvalue weighted by atomic mass is 9.85. The number of amides is 2. The third kappa shape index (κ3) is 6.85. The molecule has 0 radical (unpaired) electrons. The van der Waals surface area contributed by atoms with Crippen molar-refractivity contribution < 1.29 is 9.59 Å². The van der Waals surface area contributed by atoms with Crippen molar-refractivity contribution in [2.75, 3.05) is 25.4 Å². The molecule has 1 aliphatic rings. The van der Waals surface area contributed by atoms with Crippen LogP contribution in [0.25, 0.3) is 0 Å². The van der Waals surface area contributed by atoms with Crippen molar-refractivity contribution in [1.29, 1.82) is 0 Å². The predicted octanol–water partition coefficient (Wildman–Crippen LogP) is 6.94. The first kappa shape index (κ1) is 27.5. The molecule has 2 heterocycles. The first-order valence-corrected chi connectivity index (χ1v) is 15.1. The Labute approximate surface area is 230 Å². The maximum atomic E-state index is 13.8. The summed E-state index contributed by atoms with van der Waals surface area (Å²) in [6, 6.07) is 20.8. The number of benzene rings is 2. The molecular weight excluding hydrogens is 496 g/mol. The summed E-state index contributed by atoms with van der Waals surface area (Å²) in [5, 5.41) is 2.13. The Kier molecular flexibility index (Phi) is 9.14. The van der Waals surface area contributed by atoms with Gasteiger partial charge in [0, 0.05) is 22.9 Å². The summed E-state index contributed by atoms with van der Waals surface area (Å²) in [6.07, 6.45) is 2.73. The zero-order valence-corrected chi connectivity index (χ0v) is 24.0. The number of carbonyl (C=O) groups excluding carboxylic acids is 2. The molecule has 0 aliphatic carbocycles. The van der Waals surface area contributed by atoms with Gasteiger partial charge in [-0.05, 0) is 58.5 Å². The Hall–Kier alpha value is -2.57. The lowest BCUT2D eigenvalue weighted by Crippen LogP contribution is -2.47. The smallest absolute Gasteiger partial charge is 0.242 e. The van der Waals surface area contributed by atoms with Gasteiger partial charge in [0.2, 0.25) is 11.8 Å². The quantitative estimate of drug-likeness (QED) is 0.279. The van der Waals surface area contributed by atoms with Crippen LogP contribution in [0.1, 0.15) is 68.1 Å². The maximum Gasteiger partial charge on any atom is 0.242 e. The zero-order valence-electron chi connectivity index (χ0n) is 22.4. The summed E-state index contributed by atoms with van der Waals surface area (Å²) < 4.78 is 0. The number of carbonyl (C=O) groups is 2. The van der Waals surface area contributed by atoms with Gasteiger partial charge in [-0.1, -0.05) is 76.6 Å². The Bertz CT molecular complexity index is 1180. The molecule has 3 aromatic rings. The van der Waals surface area contributed by atoms with E-state index in [4.69, 9.17) is 0 Å². The van der Waals surface area contributed by atoms with Crippen molar-refractivity contribution in [1.82, 2.24) is 9.80 Å². The number of hydrogen-bond acceptors (Lipinski definition) is 4. The molecule has 4 rings (SSSR count). The first-order chi connectivity index (χ1) is 17.8. The molecule has 0 spiro atoms. The second-order valence-electron chi connectivity index (χ2n) is 10.7. The van der Waals surface area contributed by atoms with Crippen molar-refractivity contribution in [3.8, 4) is 0 Å². The van der Waals surface area contributed by atoms with E-state index in [0.29, 0.717) is 18.8 Å². The highest BCUT2D eigenvalue weighted by molar-refractivity contribution is 8.00. The van der Waals surface area contributed by atoms with Gasteiger partial charge >= 0.3 is 0 Å². The molecule has 0 saturated carbocycles.